The number of aromatic nitrogens is 2. The van der Waals surface area contributed by atoms with Gasteiger partial charge in [0.1, 0.15) is 5.82 Å². The Balaban J connectivity index is 1.38. The van der Waals surface area contributed by atoms with Gasteiger partial charge in [-0.15, -0.1) is 0 Å². The maximum Gasteiger partial charge on any atom is 0.107 e. The van der Waals surface area contributed by atoms with Crippen LogP contribution in [0.3, 0.4) is 0 Å². The zero-order valence-corrected chi connectivity index (χ0v) is 13.2. The van der Waals surface area contributed by atoms with Crippen LogP contribution in [-0.2, 0) is 6.42 Å². The zero-order valence-electron chi connectivity index (χ0n) is 13.2. The second-order valence-corrected chi connectivity index (χ2v) is 6.50. The molecule has 1 fully saturated rings. The van der Waals surface area contributed by atoms with E-state index in [2.05, 4.69) is 21.4 Å². The molecule has 4 heteroatoms. The second kappa shape index (κ2) is 7.75. The number of nitrogens with zero attached hydrogens (tertiary/aromatic N) is 1. The van der Waals surface area contributed by atoms with Crippen molar-refractivity contribution in [2.75, 3.05) is 19.7 Å². The third-order valence-electron chi connectivity index (χ3n) is 4.91. The number of rotatable bonds is 7. The number of imidazole rings is 1. The maximum atomic E-state index is 9.44. The summed E-state index contributed by atoms with van der Waals surface area (Å²) in [4.78, 5) is 7.99. The van der Waals surface area contributed by atoms with Crippen molar-refractivity contribution in [2.45, 2.75) is 38.5 Å². The van der Waals surface area contributed by atoms with Gasteiger partial charge in [-0.2, -0.15) is 0 Å². The first-order chi connectivity index (χ1) is 10.9. The van der Waals surface area contributed by atoms with E-state index in [0.717, 1.165) is 42.8 Å². The van der Waals surface area contributed by atoms with Crippen LogP contribution in [0.4, 0.5) is 0 Å². The average molecular weight is 301 g/mol. The van der Waals surface area contributed by atoms with Crippen LogP contribution in [0, 0.1) is 11.8 Å². The van der Waals surface area contributed by atoms with Gasteiger partial charge in [0.2, 0.25) is 0 Å². The molecule has 3 rings (SSSR count). The van der Waals surface area contributed by atoms with Crippen molar-refractivity contribution in [2.24, 2.45) is 11.8 Å². The lowest BCUT2D eigenvalue weighted by Crippen LogP contribution is -2.32. The number of aliphatic hydroxyl groups excluding tert-OH is 1. The molecule has 1 heterocycles. The Morgan fingerprint density at radius 1 is 1.18 bits per heavy atom. The van der Waals surface area contributed by atoms with Crippen molar-refractivity contribution in [3.05, 3.63) is 30.1 Å². The van der Waals surface area contributed by atoms with Gasteiger partial charge in [-0.3, -0.25) is 0 Å². The third-order valence-corrected chi connectivity index (χ3v) is 4.91. The van der Waals surface area contributed by atoms with Crippen LogP contribution < -0.4 is 5.32 Å². The van der Waals surface area contributed by atoms with Crippen LogP contribution in [0.15, 0.2) is 24.3 Å². The highest BCUT2D eigenvalue weighted by Crippen LogP contribution is 2.29. The van der Waals surface area contributed by atoms with Crippen LogP contribution >= 0.6 is 0 Å². The van der Waals surface area contributed by atoms with Gasteiger partial charge in [0.15, 0.2) is 0 Å². The Kier molecular flexibility index (Phi) is 5.46. The van der Waals surface area contributed by atoms with Crippen molar-refractivity contribution >= 4 is 11.0 Å². The Hall–Kier alpha value is -1.39. The van der Waals surface area contributed by atoms with Crippen LogP contribution in [0.5, 0.6) is 0 Å². The molecule has 1 aliphatic carbocycles. The van der Waals surface area contributed by atoms with E-state index in [1.807, 2.05) is 18.2 Å². The number of benzene rings is 1. The summed E-state index contributed by atoms with van der Waals surface area (Å²) >= 11 is 0. The first-order valence-electron chi connectivity index (χ1n) is 8.62. The lowest BCUT2D eigenvalue weighted by atomic mass is 9.79. The van der Waals surface area contributed by atoms with Gasteiger partial charge in [-0.1, -0.05) is 25.0 Å². The van der Waals surface area contributed by atoms with E-state index in [1.54, 1.807) is 0 Å². The Morgan fingerprint density at radius 2 is 2.00 bits per heavy atom. The number of para-hydroxylation sites is 2. The predicted octanol–water partition coefficient (Wildman–Crippen LogP) is 2.88. The molecule has 22 heavy (non-hydrogen) atoms. The van der Waals surface area contributed by atoms with E-state index < -0.39 is 0 Å². The highest BCUT2D eigenvalue weighted by atomic mass is 16.3. The van der Waals surface area contributed by atoms with E-state index in [9.17, 15) is 5.11 Å². The van der Waals surface area contributed by atoms with Gasteiger partial charge >= 0.3 is 0 Å². The number of aryl methyl sites for hydroxylation is 1. The molecule has 1 aromatic carbocycles. The fraction of sp³-hybridized carbons (Fsp3) is 0.611. The summed E-state index contributed by atoms with van der Waals surface area (Å²) in [6.07, 6.45) is 7.14. The van der Waals surface area contributed by atoms with Crippen molar-refractivity contribution in [1.82, 2.24) is 15.3 Å². The van der Waals surface area contributed by atoms with Crippen molar-refractivity contribution in [1.29, 1.82) is 0 Å². The summed E-state index contributed by atoms with van der Waals surface area (Å²) in [5, 5.41) is 13.0. The van der Waals surface area contributed by atoms with E-state index in [1.165, 1.54) is 25.7 Å². The Labute approximate surface area is 132 Å². The van der Waals surface area contributed by atoms with Crippen molar-refractivity contribution in [3.63, 3.8) is 0 Å². The molecular formula is C18H27N3O. The first-order valence-corrected chi connectivity index (χ1v) is 8.62. The van der Waals surface area contributed by atoms with Gasteiger partial charge in [0.25, 0.3) is 0 Å². The molecule has 0 radical (unpaired) electrons. The van der Waals surface area contributed by atoms with Gasteiger partial charge < -0.3 is 15.4 Å². The Morgan fingerprint density at radius 3 is 2.82 bits per heavy atom. The molecule has 120 valence electrons. The smallest absolute Gasteiger partial charge is 0.107 e. The molecule has 0 bridgehead atoms. The molecule has 0 amide bonds. The number of aliphatic hydroxyl groups is 1. The summed E-state index contributed by atoms with van der Waals surface area (Å²) in [5.74, 6) is 2.25. The molecule has 4 nitrogen and oxygen atoms in total. The number of nitrogens with one attached hydrogen (secondary N) is 2. The normalized spacial score (nSPS) is 22.2. The van der Waals surface area contributed by atoms with E-state index in [-0.39, 0.29) is 0 Å². The van der Waals surface area contributed by atoms with Crippen LogP contribution in [0.1, 0.15) is 37.9 Å². The Bertz CT molecular complexity index is 547. The molecule has 1 saturated carbocycles. The summed E-state index contributed by atoms with van der Waals surface area (Å²) in [7, 11) is 0. The summed E-state index contributed by atoms with van der Waals surface area (Å²) in [5.41, 5.74) is 2.18. The summed E-state index contributed by atoms with van der Waals surface area (Å²) in [6, 6.07) is 8.18. The molecule has 0 aliphatic heterocycles. The molecule has 2 aromatic rings. The molecule has 1 aliphatic rings. The van der Waals surface area contributed by atoms with E-state index in [0.29, 0.717) is 18.4 Å². The molecule has 0 saturated heterocycles. The standard InChI is InChI=1S/C18H27N3O/c22-13-15-7-2-1-6-14(15)12-19-11-5-10-18-20-16-8-3-4-9-17(16)21-18/h3-4,8-9,14-15,19,22H,1-2,5-7,10-13H2,(H,20,21). The second-order valence-electron chi connectivity index (χ2n) is 6.50. The predicted molar refractivity (Wildman–Crippen MR) is 89.8 cm³/mol. The van der Waals surface area contributed by atoms with Gasteiger partial charge in [0, 0.05) is 13.0 Å². The minimum Gasteiger partial charge on any atom is -0.396 e. The summed E-state index contributed by atoms with van der Waals surface area (Å²) < 4.78 is 0. The maximum absolute atomic E-state index is 9.44. The van der Waals surface area contributed by atoms with Crippen molar-refractivity contribution < 1.29 is 5.11 Å². The minimum absolute atomic E-state index is 0.353. The average Bonchev–Trinajstić information content (AvgIpc) is 2.97. The quantitative estimate of drug-likeness (QED) is 0.689. The molecule has 0 spiro atoms. The zero-order chi connectivity index (χ0) is 15.2. The van der Waals surface area contributed by atoms with Gasteiger partial charge in [-0.25, -0.2) is 4.98 Å². The fourth-order valence-corrected chi connectivity index (χ4v) is 3.59. The molecule has 1 aromatic heterocycles. The summed E-state index contributed by atoms with van der Waals surface area (Å²) in [6.45, 7) is 2.42. The molecule has 3 N–H and O–H groups in total. The van der Waals surface area contributed by atoms with Gasteiger partial charge in [0.05, 0.1) is 11.0 Å². The van der Waals surface area contributed by atoms with E-state index >= 15 is 0 Å². The van der Waals surface area contributed by atoms with Crippen LogP contribution in [0.25, 0.3) is 11.0 Å². The van der Waals surface area contributed by atoms with Crippen LogP contribution in [0.2, 0.25) is 0 Å². The van der Waals surface area contributed by atoms with Gasteiger partial charge in [-0.05, 0) is 56.3 Å². The third kappa shape index (κ3) is 3.87. The number of fused-ring (bicyclic) bond motifs is 1. The monoisotopic (exact) mass is 301 g/mol. The SMILES string of the molecule is OCC1CCCCC1CNCCCc1nc2ccccc2[nH]1. The molecule has 2 unspecified atom stereocenters. The number of H-pyrrole nitrogens is 1. The van der Waals surface area contributed by atoms with E-state index in [4.69, 9.17) is 0 Å². The minimum atomic E-state index is 0.353. The highest BCUT2D eigenvalue weighted by Gasteiger charge is 2.23. The highest BCUT2D eigenvalue weighted by molar-refractivity contribution is 5.74. The number of hydrogen-bond acceptors (Lipinski definition) is 3. The fourth-order valence-electron chi connectivity index (χ4n) is 3.59. The topological polar surface area (TPSA) is 60.9 Å². The van der Waals surface area contributed by atoms with Crippen LogP contribution in [-0.4, -0.2) is 34.8 Å². The molecule has 2 atom stereocenters. The lowest BCUT2D eigenvalue weighted by Gasteiger charge is -2.30. The first kappa shape index (κ1) is 15.5. The van der Waals surface area contributed by atoms with Crippen molar-refractivity contribution in [3.8, 4) is 0 Å². The lowest BCUT2D eigenvalue weighted by molar-refractivity contribution is 0.133. The molecular weight excluding hydrogens is 274 g/mol. The number of hydrogen-bond donors (Lipinski definition) is 3. The largest absolute Gasteiger partial charge is 0.396 e. The number of aromatic amines is 1.